The number of fused-ring (bicyclic) bond motifs is 1. The van der Waals surface area contributed by atoms with E-state index in [9.17, 15) is 13.2 Å². The Balaban J connectivity index is 1.96. The van der Waals surface area contributed by atoms with Gasteiger partial charge in [0.15, 0.2) is 0 Å². The molecule has 108 valence electrons. The number of aromatic nitrogens is 2. The van der Waals surface area contributed by atoms with Gasteiger partial charge in [-0.25, -0.2) is 18.1 Å². The second kappa shape index (κ2) is 5.51. The van der Waals surface area contributed by atoms with Crippen LogP contribution in [-0.2, 0) is 22.2 Å². The summed E-state index contributed by atoms with van der Waals surface area (Å²) in [6, 6.07) is 5.32. The summed E-state index contributed by atoms with van der Waals surface area (Å²) in [6.45, 7) is 0.192. The van der Waals surface area contributed by atoms with E-state index < -0.39 is 10.9 Å². The minimum absolute atomic E-state index is 0.192. The van der Waals surface area contributed by atoms with Gasteiger partial charge in [0.25, 0.3) is 5.91 Å². The van der Waals surface area contributed by atoms with E-state index in [0.717, 1.165) is 16.8 Å². The first-order valence-electron chi connectivity index (χ1n) is 6.16. The molecule has 0 atom stereocenters. The van der Waals surface area contributed by atoms with Crippen molar-refractivity contribution in [3.63, 3.8) is 0 Å². The Kier molecular flexibility index (Phi) is 3.55. The lowest BCUT2D eigenvalue weighted by molar-refractivity contribution is -0.110. The number of benzene rings is 1. The second-order valence-corrected chi connectivity index (χ2v) is 5.32. The van der Waals surface area contributed by atoms with Crippen molar-refractivity contribution in [2.24, 2.45) is 0 Å². The quantitative estimate of drug-likeness (QED) is 0.488. The third-order valence-electron chi connectivity index (χ3n) is 3.10. The molecule has 3 rings (SSSR count). The summed E-state index contributed by atoms with van der Waals surface area (Å²) >= 11 is 0. The molecule has 0 fully saturated rings. The lowest BCUT2D eigenvalue weighted by Crippen LogP contribution is -2.10. The summed E-state index contributed by atoms with van der Waals surface area (Å²) in [5, 5.41) is 2.77. The fraction of sp³-hybridized carbons (Fsp3) is 0.0769. The van der Waals surface area contributed by atoms with Crippen LogP contribution in [0.3, 0.4) is 0 Å². The molecule has 0 unspecified atom stereocenters. The van der Waals surface area contributed by atoms with Crippen molar-refractivity contribution < 1.29 is 13.2 Å². The van der Waals surface area contributed by atoms with Crippen molar-refractivity contribution in [3.8, 4) is 0 Å². The highest BCUT2D eigenvalue weighted by molar-refractivity contribution is 7.70. The number of aromatic amines is 1. The van der Waals surface area contributed by atoms with Gasteiger partial charge in [0.1, 0.15) is 0 Å². The molecule has 21 heavy (non-hydrogen) atoms. The number of H-pyrrole nitrogens is 1. The first kappa shape index (κ1) is 13.5. The fourth-order valence-electron chi connectivity index (χ4n) is 2.15. The number of amides is 1. The number of hydrogen-bond acceptors (Lipinski definition) is 4. The first-order valence-corrected chi connectivity index (χ1v) is 7.34. The summed E-state index contributed by atoms with van der Waals surface area (Å²) in [7, 11) is -2.64. The lowest BCUT2D eigenvalue weighted by atomic mass is 10.0. The molecule has 7 nitrogen and oxygen atoms in total. The molecule has 0 saturated carbocycles. The van der Waals surface area contributed by atoms with Crippen molar-refractivity contribution in [1.82, 2.24) is 14.7 Å². The van der Waals surface area contributed by atoms with Gasteiger partial charge in [-0.1, -0.05) is 6.07 Å². The van der Waals surface area contributed by atoms with Gasteiger partial charge in [-0.2, -0.15) is 0 Å². The van der Waals surface area contributed by atoms with E-state index >= 15 is 0 Å². The average molecular weight is 304 g/mol. The Morgan fingerprint density at radius 3 is 2.90 bits per heavy atom. The first-order chi connectivity index (χ1) is 10.1. The van der Waals surface area contributed by atoms with E-state index in [1.165, 1.54) is 6.33 Å². The molecule has 1 aliphatic heterocycles. The van der Waals surface area contributed by atoms with Gasteiger partial charge >= 0.3 is 0 Å². The fourth-order valence-corrected chi connectivity index (χ4v) is 2.46. The predicted molar refractivity (Wildman–Crippen MR) is 78.7 cm³/mol. The average Bonchev–Trinajstić information content (AvgIpc) is 3.06. The van der Waals surface area contributed by atoms with Crippen LogP contribution in [0.25, 0.3) is 11.6 Å². The van der Waals surface area contributed by atoms with Crippen molar-refractivity contribution in [3.05, 3.63) is 47.5 Å². The summed E-state index contributed by atoms with van der Waals surface area (Å²) < 4.78 is 23.5. The molecule has 3 N–H and O–H groups in total. The smallest absolute Gasteiger partial charge is 0.256 e. The van der Waals surface area contributed by atoms with Crippen LogP contribution in [0.2, 0.25) is 0 Å². The molecule has 0 radical (unpaired) electrons. The zero-order valence-corrected chi connectivity index (χ0v) is 11.7. The molecule has 2 heterocycles. The van der Waals surface area contributed by atoms with E-state index in [2.05, 4.69) is 20.0 Å². The minimum Gasteiger partial charge on any atom is -0.345 e. The monoisotopic (exact) mass is 304 g/mol. The van der Waals surface area contributed by atoms with Crippen LogP contribution >= 0.6 is 0 Å². The topological polar surface area (TPSA) is 104 Å². The van der Waals surface area contributed by atoms with Crippen LogP contribution < -0.4 is 10.0 Å². The number of nitrogens with one attached hydrogen (secondary N) is 3. The number of anilines is 1. The molecule has 1 aromatic heterocycles. The van der Waals surface area contributed by atoms with Crippen LogP contribution in [0, 0.1) is 0 Å². The van der Waals surface area contributed by atoms with Gasteiger partial charge in [-0.3, -0.25) is 4.79 Å². The van der Waals surface area contributed by atoms with Gasteiger partial charge in [-0.05, 0) is 23.8 Å². The third-order valence-corrected chi connectivity index (χ3v) is 3.51. The van der Waals surface area contributed by atoms with E-state index in [-0.39, 0.29) is 12.5 Å². The Morgan fingerprint density at radius 1 is 1.33 bits per heavy atom. The summed E-state index contributed by atoms with van der Waals surface area (Å²) in [5.41, 5.74) is 3.47. The molecule has 0 aliphatic carbocycles. The molecular weight excluding hydrogens is 292 g/mol. The van der Waals surface area contributed by atoms with Gasteiger partial charge in [0, 0.05) is 17.8 Å². The number of nitrogens with zero attached hydrogens (tertiary/aromatic N) is 1. The maximum Gasteiger partial charge on any atom is 0.256 e. The van der Waals surface area contributed by atoms with E-state index in [1.807, 2.05) is 0 Å². The van der Waals surface area contributed by atoms with Crippen molar-refractivity contribution in [1.29, 1.82) is 0 Å². The summed E-state index contributed by atoms with van der Waals surface area (Å²) in [4.78, 5) is 18.8. The molecule has 2 aromatic rings. The minimum atomic E-state index is -2.64. The molecule has 8 heteroatoms. The summed E-state index contributed by atoms with van der Waals surface area (Å²) in [6.07, 6.45) is 4.86. The predicted octanol–water partition coefficient (Wildman–Crippen LogP) is 0.518. The highest BCUT2D eigenvalue weighted by Crippen LogP contribution is 2.33. The Bertz CT molecular complexity index is 786. The Morgan fingerprint density at radius 2 is 2.19 bits per heavy atom. The molecule has 1 aromatic carbocycles. The van der Waals surface area contributed by atoms with Crippen LogP contribution in [-0.4, -0.2) is 24.3 Å². The number of thiol groups is 1. The number of imidazole rings is 1. The standard InChI is InChI=1S/C13H12N4O3S/c18-13-11(4-9-6-14-7-15-9)10-3-8(5-16-21(19)20)1-2-12(10)17-13/h1-4,6-7,21H,5H2,(H,14,15)(H,17,18)(H,16,19,20)/b11-4-. The van der Waals surface area contributed by atoms with Crippen molar-refractivity contribution in [2.75, 3.05) is 5.32 Å². The van der Waals surface area contributed by atoms with Crippen LogP contribution in [0.5, 0.6) is 0 Å². The van der Waals surface area contributed by atoms with Crippen molar-refractivity contribution >= 4 is 34.1 Å². The molecule has 0 saturated heterocycles. The molecular formula is C13H12N4O3S. The lowest BCUT2D eigenvalue weighted by Gasteiger charge is -2.03. The SMILES string of the molecule is O=C1Nc2ccc(CN[SH](=O)=O)cc2/C1=C/c1cnc[nH]1. The van der Waals surface area contributed by atoms with Crippen LogP contribution in [0.15, 0.2) is 30.7 Å². The van der Waals surface area contributed by atoms with Crippen LogP contribution in [0.4, 0.5) is 5.69 Å². The molecule has 0 spiro atoms. The van der Waals surface area contributed by atoms with E-state index in [4.69, 9.17) is 0 Å². The second-order valence-electron chi connectivity index (χ2n) is 4.49. The molecule has 1 aliphatic rings. The molecule has 0 bridgehead atoms. The maximum absolute atomic E-state index is 12.0. The largest absolute Gasteiger partial charge is 0.345 e. The van der Waals surface area contributed by atoms with E-state index in [1.54, 1.807) is 30.5 Å². The number of carbonyl (C=O) groups excluding carboxylic acids is 1. The van der Waals surface area contributed by atoms with Gasteiger partial charge in [-0.15, -0.1) is 0 Å². The van der Waals surface area contributed by atoms with Crippen molar-refractivity contribution in [2.45, 2.75) is 6.54 Å². The van der Waals surface area contributed by atoms with Gasteiger partial charge in [0.05, 0.1) is 23.8 Å². The zero-order chi connectivity index (χ0) is 14.8. The highest BCUT2D eigenvalue weighted by Gasteiger charge is 2.24. The van der Waals surface area contributed by atoms with E-state index in [0.29, 0.717) is 11.3 Å². The normalized spacial score (nSPS) is 15.5. The summed E-state index contributed by atoms with van der Waals surface area (Å²) in [5.74, 6) is -0.195. The van der Waals surface area contributed by atoms with Gasteiger partial charge < -0.3 is 10.3 Å². The number of hydrogen-bond donors (Lipinski definition) is 4. The Labute approximate surface area is 122 Å². The molecule has 1 amide bonds. The van der Waals surface area contributed by atoms with Crippen LogP contribution in [0.1, 0.15) is 16.8 Å². The number of rotatable bonds is 4. The highest BCUT2D eigenvalue weighted by atomic mass is 32.2. The van der Waals surface area contributed by atoms with Gasteiger partial charge in [0.2, 0.25) is 10.9 Å². The number of carbonyl (C=O) groups is 1. The zero-order valence-electron chi connectivity index (χ0n) is 10.8. The Hall–Kier alpha value is -2.45. The maximum atomic E-state index is 12.0. The third kappa shape index (κ3) is 2.86.